The predicted molar refractivity (Wildman–Crippen MR) is 178 cm³/mol. The first-order chi connectivity index (χ1) is 21.8. The Morgan fingerprint density at radius 3 is 2.65 bits per heavy atom. The molecule has 0 unspecified atom stereocenters. The number of aliphatic hydroxyl groups excluding tert-OH is 1. The summed E-state index contributed by atoms with van der Waals surface area (Å²) in [7, 11) is 3.62. The van der Waals surface area contributed by atoms with Crippen LogP contribution in [0.25, 0.3) is 21.9 Å². The minimum Gasteiger partial charge on any atom is -0.462 e. The molecule has 0 saturated carbocycles. The molecule has 1 aliphatic rings. The van der Waals surface area contributed by atoms with Crippen LogP contribution in [0.1, 0.15) is 32.8 Å². The number of nitrogens with one attached hydrogen (secondary N) is 1. The largest absolute Gasteiger partial charge is 0.462 e. The summed E-state index contributed by atoms with van der Waals surface area (Å²) in [6, 6.07) is 12.1. The summed E-state index contributed by atoms with van der Waals surface area (Å²) in [5.41, 5.74) is -0.999. The number of alkyl halides is 2. The molecule has 0 aliphatic carbocycles. The van der Waals surface area contributed by atoms with Crippen molar-refractivity contribution in [2.45, 2.75) is 63.9 Å². The highest BCUT2D eigenvalue weighted by Gasteiger charge is 2.57. The molecule has 16 heteroatoms. The van der Waals surface area contributed by atoms with Gasteiger partial charge in [-0.25, -0.2) is 24.4 Å². The minimum absolute atomic E-state index is 0.325. The number of aromatic nitrogens is 4. The molecular formula is C30H37ClFN6O6PS. The Hall–Kier alpha value is -2.97. The monoisotopic (exact) mass is 694 g/mol. The van der Waals surface area contributed by atoms with Gasteiger partial charge in [-0.05, 0) is 51.0 Å². The lowest BCUT2D eigenvalue weighted by Crippen LogP contribution is -2.48. The summed E-state index contributed by atoms with van der Waals surface area (Å²) >= 11 is 12.3. The second-order valence-electron chi connectivity index (χ2n) is 11.6. The van der Waals surface area contributed by atoms with Crippen LogP contribution in [0.3, 0.4) is 0 Å². The number of aliphatic hydroxyl groups is 1. The van der Waals surface area contributed by atoms with Crippen LogP contribution in [-0.4, -0.2) is 87.2 Å². The number of esters is 1. The molecule has 1 aliphatic heterocycles. The summed E-state index contributed by atoms with van der Waals surface area (Å²) in [6.07, 6.45) is -4.00. The molecular weight excluding hydrogens is 658 g/mol. The van der Waals surface area contributed by atoms with Gasteiger partial charge in [-0.2, -0.15) is 0 Å². The van der Waals surface area contributed by atoms with Gasteiger partial charge in [-0.3, -0.25) is 9.36 Å². The van der Waals surface area contributed by atoms with Crippen molar-refractivity contribution < 1.29 is 32.8 Å². The lowest BCUT2D eigenvalue weighted by molar-refractivity contribution is -0.149. The van der Waals surface area contributed by atoms with E-state index in [9.17, 15) is 9.90 Å². The van der Waals surface area contributed by atoms with Gasteiger partial charge in [0.15, 0.2) is 29.4 Å². The summed E-state index contributed by atoms with van der Waals surface area (Å²) in [5, 5.41) is 15.9. The average Bonchev–Trinajstić information content (AvgIpc) is 3.53. The minimum atomic E-state index is -3.63. The third-order valence-corrected chi connectivity index (χ3v) is 10.3. The topological polar surface area (TPSA) is 133 Å². The van der Waals surface area contributed by atoms with E-state index in [0.29, 0.717) is 28.6 Å². The van der Waals surface area contributed by atoms with E-state index in [2.05, 4.69) is 20.0 Å². The van der Waals surface area contributed by atoms with Crippen molar-refractivity contribution in [3.8, 4) is 5.75 Å². The van der Waals surface area contributed by atoms with Gasteiger partial charge in [0.25, 0.3) is 0 Å². The average molecular weight is 695 g/mol. The summed E-state index contributed by atoms with van der Waals surface area (Å²) < 4.78 is 41.5. The van der Waals surface area contributed by atoms with Crippen LogP contribution in [0, 0.1) is 6.92 Å². The van der Waals surface area contributed by atoms with Gasteiger partial charge in [0.1, 0.15) is 29.3 Å². The highest BCUT2D eigenvalue weighted by molar-refractivity contribution is 8.09. The fourth-order valence-electron chi connectivity index (χ4n) is 5.12. The fourth-order valence-corrected chi connectivity index (χ4v) is 7.86. The maximum Gasteiger partial charge on any atom is 0.323 e. The highest BCUT2D eigenvalue weighted by atomic mass is 35.5. The van der Waals surface area contributed by atoms with E-state index < -0.39 is 49.4 Å². The molecule has 0 amide bonds. The molecule has 5 rings (SSSR count). The van der Waals surface area contributed by atoms with Gasteiger partial charge < -0.3 is 28.5 Å². The van der Waals surface area contributed by atoms with E-state index in [1.165, 1.54) is 10.9 Å². The number of hydrogen-bond donors (Lipinski definition) is 2. The molecule has 2 aromatic heterocycles. The van der Waals surface area contributed by atoms with Crippen molar-refractivity contribution in [2.24, 2.45) is 0 Å². The number of hydrogen-bond acceptors (Lipinski definition) is 11. The van der Waals surface area contributed by atoms with E-state index in [-0.39, 0.29) is 12.0 Å². The normalized spacial score (nSPS) is 23.5. The predicted octanol–water partition coefficient (Wildman–Crippen LogP) is 4.81. The van der Waals surface area contributed by atoms with Gasteiger partial charge in [0.2, 0.25) is 0 Å². The fraction of sp³-hybridized carbons (Fsp3) is 0.467. The molecule has 2 N–H and O–H groups in total. The Bertz CT molecular complexity index is 1780. The SMILES string of the molecule is Cc1nc(N(C)C)c2ncn([C@@H]3O[C@](CCl)(CO[P@@](=S)(N[C@@H](C)C(=O)OC(C)C)Oc4cccc5ccccc45)[C@@H](O)[C@H]3F)c2n1. The van der Waals surface area contributed by atoms with Crippen molar-refractivity contribution in [3.63, 3.8) is 0 Å². The molecule has 1 saturated heterocycles. The maximum atomic E-state index is 16.0. The van der Waals surface area contributed by atoms with Crippen molar-refractivity contribution in [1.29, 1.82) is 0 Å². The number of carbonyl (C=O) groups excluding carboxylic acids is 1. The van der Waals surface area contributed by atoms with E-state index in [4.69, 9.17) is 41.9 Å². The maximum absolute atomic E-state index is 16.0. The standard InChI is InChI=1S/C30H37ClFN6O6PS/c1-17(2)42-29(40)18(3)36-45(46,44-22-13-9-11-20-10-7-8-12-21(20)22)41-15-30(14-31)25(39)23(32)28(43-30)38-16-33-24-26(37(5)6)34-19(4)35-27(24)38/h7-13,16-18,23,25,28,39H,14-15H2,1-6H3,(H,36,46)/t18-,23+,25-,28+,30+,45-/m0/s1. The highest BCUT2D eigenvalue weighted by Crippen LogP contribution is 2.50. The number of nitrogens with zero attached hydrogens (tertiary/aromatic N) is 5. The Kier molecular flexibility index (Phi) is 10.2. The van der Waals surface area contributed by atoms with Crippen LogP contribution >= 0.6 is 18.2 Å². The van der Waals surface area contributed by atoms with E-state index in [1.807, 2.05) is 44.4 Å². The van der Waals surface area contributed by atoms with Crippen molar-refractivity contribution in [1.82, 2.24) is 24.6 Å². The zero-order valence-electron chi connectivity index (χ0n) is 26.3. The summed E-state index contributed by atoms with van der Waals surface area (Å²) in [4.78, 5) is 27.8. The number of rotatable bonds is 12. The first-order valence-electron chi connectivity index (χ1n) is 14.6. The molecule has 3 heterocycles. The third-order valence-electron chi connectivity index (χ3n) is 7.41. The van der Waals surface area contributed by atoms with Crippen molar-refractivity contribution >= 4 is 63.8 Å². The summed E-state index contributed by atoms with van der Waals surface area (Å²) in [5.74, 6) is 0.474. The zero-order valence-corrected chi connectivity index (χ0v) is 28.7. The molecule has 0 bridgehead atoms. The van der Waals surface area contributed by atoms with Crippen LogP contribution in [0.5, 0.6) is 5.75 Å². The van der Waals surface area contributed by atoms with Crippen LogP contribution in [-0.2, 0) is 30.6 Å². The van der Waals surface area contributed by atoms with Gasteiger partial charge in [-0.1, -0.05) is 36.4 Å². The van der Waals surface area contributed by atoms with Gasteiger partial charge in [-0.15, -0.1) is 11.6 Å². The number of anilines is 1. The Labute approximate surface area is 276 Å². The van der Waals surface area contributed by atoms with E-state index >= 15 is 4.39 Å². The molecule has 46 heavy (non-hydrogen) atoms. The van der Waals surface area contributed by atoms with E-state index in [1.54, 1.807) is 44.7 Å². The van der Waals surface area contributed by atoms with Gasteiger partial charge >= 0.3 is 12.6 Å². The van der Waals surface area contributed by atoms with Gasteiger partial charge in [0, 0.05) is 19.5 Å². The molecule has 0 radical (unpaired) electrons. The molecule has 248 valence electrons. The number of imidazole rings is 1. The zero-order chi connectivity index (χ0) is 33.4. The number of benzene rings is 2. The van der Waals surface area contributed by atoms with Crippen LogP contribution in [0.4, 0.5) is 10.2 Å². The van der Waals surface area contributed by atoms with Crippen LogP contribution in [0.15, 0.2) is 48.8 Å². The number of aryl methyl sites for hydroxylation is 1. The molecule has 12 nitrogen and oxygen atoms in total. The van der Waals surface area contributed by atoms with Crippen LogP contribution in [0.2, 0.25) is 0 Å². The number of carbonyl (C=O) groups is 1. The van der Waals surface area contributed by atoms with E-state index in [0.717, 1.165) is 10.8 Å². The first kappa shape index (κ1) is 34.4. The molecule has 0 spiro atoms. The molecule has 6 atom stereocenters. The molecule has 4 aromatic rings. The molecule has 2 aromatic carbocycles. The Balaban J connectivity index is 1.46. The molecule has 1 fully saturated rings. The second-order valence-corrected chi connectivity index (χ2v) is 15.0. The Morgan fingerprint density at radius 2 is 1.96 bits per heavy atom. The first-order valence-corrected chi connectivity index (χ1v) is 17.8. The number of ether oxygens (including phenoxy) is 2. The lowest BCUT2D eigenvalue weighted by Gasteiger charge is -2.33. The lowest BCUT2D eigenvalue weighted by atomic mass is 9.99. The van der Waals surface area contributed by atoms with Gasteiger partial charge in [0.05, 0.1) is 24.9 Å². The van der Waals surface area contributed by atoms with Crippen molar-refractivity contribution in [3.05, 3.63) is 54.6 Å². The van der Waals surface area contributed by atoms with Crippen LogP contribution < -0.4 is 14.5 Å². The second kappa shape index (κ2) is 13.6. The smallest absolute Gasteiger partial charge is 0.323 e. The number of halogens is 2. The Morgan fingerprint density at radius 1 is 1.24 bits per heavy atom. The number of fused-ring (bicyclic) bond motifs is 2. The summed E-state index contributed by atoms with van der Waals surface area (Å²) in [6.45, 7) is 2.64. The van der Waals surface area contributed by atoms with Crippen molar-refractivity contribution in [2.75, 3.05) is 31.5 Å². The quantitative estimate of drug-likeness (QED) is 0.120. The third kappa shape index (κ3) is 6.84.